The molecular weight excluding hydrogens is 396 g/mol. The summed E-state index contributed by atoms with van der Waals surface area (Å²) in [6.07, 6.45) is 1.70. The molecule has 1 aliphatic rings. The molecule has 8 heteroatoms. The Bertz CT molecular complexity index is 944. The molecule has 1 fully saturated rings. The van der Waals surface area contributed by atoms with E-state index in [1.54, 1.807) is 49.6 Å². The standard InChI is InChI=1S/C20H18N2O4S2/c1-3-26-16-11-13(9-10-15(16)25-2)12-17-19(24)22(20(27)28-17)21-18(23)14-7-5-4-6-8-14/h4-12H,3H2,1-2H3,(H,21,23)/b17-12-. The summed E-state index contributed by atoms with van der Waals surface area (Å²) in [5, 5.41) is 1.09. The minimum absolute atomic E-state index is 0.263. The Labute approximate surface area is 172 Å². The molecule has 2 aromatic carbocycles. The van der Waals surface area contributed by atoms with Gasteiger partial charge in [0.15, 0.2) is 15.8 Å². The lowest BCUT2D eigenvalue weighted by Gasteiger charge is -2.15. The average molecular weight is 415 g/mol. The number of hydrogen-bond acceptors (Lipinski definition) is 6. The van der Waals surface area contributed by atoms with E-state index in [4.69, 9.17) is 21.7 Å². The zero-order valence-corrected chi connectivity index (χ0v) is 16.9. The average Bonchev–Trinajstić information content (AvgIpc) is 2.96. The first-order valence-electron chi connectivity index (χ1n) is 8.48. The number of amides is 2. The summed E-state index contributed by atoms with van der Waals surface area (Å²) in [5.74, 6) is 0.419. The molecule has 0 atom stereocenters. The Kier molecular flexibility index (Phi) is 6.33. The molecular formula is C20H18N2O4S2. The van der Waals surface area contributed by atoms with Crippen LogP contribution in [0.2, 0.25) is 0 Å². The number of rotatable bonds is 6. The third kappa shape index (κ3) is 4.35. The van der Waals surface area contributed by atoms with E-state index in [0.29, 0.717) is 28.6 Å². The fraction of sp³-hybridized carbons (Fsp3) is 0.150. The Morgan fingerprint density at radius 2 is 1.96 bits per heavy atom. The number of thiocarbonyl (C=S) groups is 1. The molecule has 1 aliphatic heterocycles. The summed E-state index contributed by atoms with van der Waals surface area (Å²) in [5.41, 5.74) is 3.76. The van der Waals surface area contributed by atoms with Crippen molar-refractivity contribution in [3.8, 4) is 11.5 Å². The van der Waals surface area contributed by atoms with Crippen LogP contribution in [0.1, 0.15) is 22.8 Å². The van der Waals surface area contributed by atoms with Gasteiger partial charge in [0.1, 0.15) is 0 Å². The van der Waals surface area contributed by atoms with Gasteiger partial charge in [0.25, 0.3) is 11.8 Å². The Hall–Kier alpha value is -2.84. The van der Waals surface area contributed by atoms with Crippen molar-refractivity contribution in [1.29, 1.82) is 0 Å². The van der Waals surface area contributed by atoms with Crippen molar-refractivity contribution in [2.75, 3.05) is 13.7 Å². The zero-order valence-electron chi connectivity index (χ0n) is 15.3. The SMILES string of the molecule is CCOc1cc(/C=C2\SC(=S)N(NC(=O)c3ccccc3)C2=O)ccc1OC. The smallest absolute Gasteiger partial charge is 0.285 e. The Morgan fingerprint density at radius 1 is 1.21 bits per heavy atom. The number of carbonyl (C=O) groups is 2. The van der Waals surface area contributed by atoms with Crippen LogP contribution in [0.3, 0.4) is 0 Å². The largest absolute Gasteiger partial charge is 0.493 e. The second-order valence-corrected chi connectivity index (χ2v) is 7.34. The van der Waals surface area contributed by atoms with E-state index in [1.165, 1.54) is 0 Å². The fourth-order valence-corrected chi connectivity index (χ4v) is 3.70. The maximum Gasteiger partial charge on any atom is 0.285 e. The van der Waals surface area contributed by atoms with Crippen LogP contribution >= 0.6 is 24.0 Å². The molecule has 0 saturated carbocycles. The second kappa shape index (κ2) is 8.90. The predicted molar refractivity (Wildman–Crippen MR) is 113 cm³/mol. The third-order valence-electron chi connectivity index (χ3n) is 3.83. The van der Waals surface area contributed by atoms with Crippen LogP contribution in [0, 0.1) is 0 Å². The van der Waals surface area contributed by atoms with E-state index in [2.05, 4.69) is 5.43 Å². The van der Waals surface area contributed by atoms with E-state index in [1.807, 2.05) is 19.1 Å². The van der Waals surface area contributed by atoms with Crippen molar-refractivity contribution in [2.45, 2.75) is 6.92 Å². The Morgan fingerprint density at radius 3 is 2.64 bits per heavy atom. The highest BCUT2D eigenvalue weighted by Gasteiger charge is 2.33. The molecule has 2 amide bonds. The first kappa shape index (κ1) is 19.9. The first-order chi connectivity index (χ1) is 13.5. The maximum atomic E-state index is 12.7. The lowest BCUT2D eigenvalue weighted by atomic mass is 10.2. The van der Waals surface area contributed by atoms with Crippen LogP contribution in [0.25, 0.3) is 6.08 Å². The van der Waals surface area contributed by atoms with Crippen molar-refractivity contribution in [3.05, 3.63) is 64.6 Å². The molecule has 0 spiro atoms. The minimum atomic E-state index is -0.402. The molecule has 0 aliphatic carbocycles. The van der Waals surface area contributed by atoms with Gasteiger partial charge in [0.05, 0.1) is 18.6 Å². The van der Waals surface area contributed by atoms with E-state index < -0.39 is 5.91 Å². The van der Waals surface area contributed by atoms with Crippen molar-refractivity contribution < 1.29 is 19.1 Å². The normalized spacial score (nSPS) is 15.1. The summed E-state index contributed by atoms with van der Waals surface area (Å²) >= 11 is 6.38. The summed E-state index contributed by atoms with van der Waals surface area (Å²) < 4.78 is 11.1. The molecule has 0 unspecified atom stereocenters. The summed E-state index contributed by atoms with van der Waals surface area (Å²) in [4.78, 5) is 25.4. The van der Waals surface area contributed by atoms with Gasteiger partial charge in [-0.3, -0.25) is 15.0 Å². The number of thioether (sulfide) groups is 1. The molecule has 1 heterocycles. The van der Waals surface area contributed by atoms with Crippen molar-refractivity contribution in [2.24, 2.45) is 0 Å². The van der Waals surface area contributed by atoms with Crippen LogP contribution in [0.4, 0.5) is 0 Å². The van der Waals surface area contributed by atoms with E-state index >= 15 is 0 Å². The van der Waals surface area contributed by atoms with Crippen molar-refractivity contribution in [3.63, 3.8) is 0 Å². The summed E-state index contributed by atoms with van der Waals surface area (Å²) in [6, 6.07) is 14.0. The van der Waals surface area contributed by atoms with Gasteiger partial charge in [-0.1, -0.05) is 36.0 Å². The van der Waals surface area contributed by atoms with E-state index in [0.717, 1.165) is 22.3 Å². The Balaban J connectivity index is 1.79. The molecule has 144 valence electrons. The van der Waals surface area contributed by atoms with Gasteiger partial charge in [-0.25, -0.2) is 0 Å². The number of methoxy groups -OCH3 is 1. The molecule has 1 saturated heterocycles. The molecule has 1 N–H and O–H groups in total. The number of nitrogens with one attached hydrogen (secondary N) is 1. The number of benzene rings is 2. The van der Waals surface area contributed by atoms with Crippen LogP contribution < -0.4 is 14.9 Å². The van der Waals surface area contributed by atoms with Gasteiger partial charge >= 0.3 is 0 Å². The predicted octanol–water partition coefficient (Wildman–Crippen LogP) is 3.64. The molecule has 0 radical (unpaired) electrons. The highest BCUT2D eigenvalue weighted by atomic mass is 32.2. The molecule has 28 heavy (non-hydrogen) atoms. The van der Waals surface area contributed by atoms with E-state index in [-0.39, 0.29) is 10.2 Å². The number of nitrogens with zero attached hydrogens (tertiary/aromatic N) is 1. The van der Waals surface area contributed by atoms with Gasteiger partial charge in [0.2, 0.25) is 0 Å². The molecule has 3 rings (SSSR count). The van der Waals surface area contributed by atoms with Crippen LogP contribution in [-0.4, -0.2) is 34.9 Å². The molecule has 0 aromatic heterocycles. The first-order valence-corrected chi connectivity index (χ1v) is 9.70. The van der Waals surface area contributed by atoms with Gasteiger partial charge in [-0.05, 0) is 55.0 Å². The van der Waals surface area contributed by atoms with Gasteiger partial charge < -0.3 is 9.47 Å². The highest BCUT2D eigenvalue weighted by Crippen LogP contribution is 2.34. The van der Waals surface area contributed by atoms with Crippen molar-refractivity contribution in [1.82, 2.24) is 10.4 Å². The monoisotopic (exact) mass is 414 g/mol. The minimum Gasteiger partial charge on any atom is -0.493 e. The third-order valence-corrected chi connectivity index (χ3v) is 5.13. The molecule has 6 nitrogen and oxygen atoms in total. The fourth-order valence-electron chi connectivity index (χ4n) is 2.52. The lowest BCUT2D eigenvalue weighted by Crippen LogP contribution is -2.44. The number of carbonyl (C=O) groups excluding carboxylic acids is 2. The molecule has 2 aromatic rings. The lowest BCUT2D eigenvalue weighted by molar-refractivity contribution is -0.123. The van der Waals surface area contributed by atoms with Crippen LogP contribution in [0.15, 0.2) is 53.4 Å². The quantitative estimate of drug-likeness (QED) is 0.575. The number of hydrogen-bond donors (Lipinski definition) is 1. The highest BCUT2D eigenvalue weighted by molar-refractivity contribution is 8.26. The number of ether oxygens (including phenoxy) is 2. The summed E-state index contributed by atoms with van der Waals surface area (Å²) in [7, 11) is 1.57. The van der Waals surface area contributed by atoms with Crippen LogP contribution in [0.5, 0.6) is 11.5 Å². The van der Waals surface area contributed by atoms with Crippen molar-refractivity contribution >= 4 is 46.2 Å². The zero-order chi connectivity index (χ0) is 20.1. The maximum absolute atomic E-state index is 12.7. The molecule has 0 bridgehead atoms. The van der Waals surface area contributed by atoms with Gasteiger partial charge in [0, 0.05) is 5.56 Å². The number of hydrazine groups is 1. The van der Waals surface area contributed by atoms with Gasteiger partial charge in [-0.15, -0.1) is 0 Å². The van der Waals surface area contributed by atoms with Crippen LogP contribution in [-0.2, 0) is 4.79 Å². The van der Waals surface area contributed by atoms with E-state index in [9.17, 15) is 9.59 Å². The second-order valence-electron chi connectivity index (χ2n) is 5.67. The van der Waals surface area contributed by atoms with Gasteiger partial charge in [-0.2, -0.15) is 5.01 Å². The topological polar surface area (TPSA) is 67.9 Å². The summed E-state index contributed by atoms with van der Waals surface area (Å²) in [6.45, 7) is 2.38.